The molecule has 1 fully saturated rings. The van der Waals surface area contributed by atoms with E-state index in [2.05, 4.69) is 4.99 Å². The Balaban J connectivity index is 2.17. The molecule has 23 heavy (non-hydrogen) atoms. The van der Waals surface area contributed by atoms with Crippen LogP contribution in [0.25, 0.3) is 0 Å². The lowest BCUT2D eigenvalue weighted by Crippen LogP contribution is -2.40. The number of Topliss-reactive ketones (excluding diaryl/α,β-unsaturated/α-hetero) is 3. The van der Waals surface area contributed by atoms with Gasteiger partial charge in [0.25, 0.3) is 0 Å². The SMILES string of the molecule is CC[C@@H](CO)N=CC1C(=O)CC[C@H](C(=O)c2ccccc2)C1=O. The smallest absolute Gasteiger partial charge is 0.173 e. The molecular formula is C18H21NO4. The van der Waals surface area contributed by atoms with Gasteiger partial charge in [-0.1, -0.05) is 37.3 Å². The summed E-state index contributed by atoms with van der Waals surface area (Å²) in [5, 5.41) is 9.14. The second kappa shape index (κ2) is 7.92. The van der Waals surface area contributed by atoms with Gasteiger partial charge in [0.15, 0.2) is 11.6 Å². The summed E-state index contributed by atoms with van der Waals surface area (Å²) in [4.78, 5) is 41.2. The highest BCUT2D eigenvalue weighted by Gasteiger charge is 2.40. The molecule has 1 aromatic carbocycles. The van der Waals surface area contributed by atoms with E-state index in [1.807, 2.05) is 6.92 Å². The molecule has 5 heteroatoms. The van der Waals surface area contributed by atoms with Gasteiger partial charge in [-0.3, -0.25) is 19.4 Å². The number of carbonyl (C=O) groups excluding carboxylic acids is 3. The second-order valence-corrected chi connectivity index (χ2v) is 5.71. The number of carbonyl (C=O) groups is 3. The fourth-order valence-corrected chi connectivity index (χ4v) is 2.67. The zero-order valence-electron chi connectivity index (χ0n) is 13.1. The molecule has 0 saturated heterocycles. The first-order chi connectivity index (χ1) is 11.1. The largest absolute Gasteiger partial charge is 0.394 e. The topological polar surface area (TPSA) is 83.8 Å². The maximum absolute atomic E-state index is 12.5. The number of benzene rings is 1. The number of hydrogen-bond donors (Lipinski definition) is 1. The van der Waals surface area contributed by atoms with Crippen LogP contribution in [0.2, 0.25) is 0 Å². The molecule has 0 amide bonds. The van der Waals surface area contributed by atoms with Gasteiger partial charge in [0.2, 0.25) is 0 Å². The third kappa shape index (κ3) is 3.99. The molecular weight excluding hydrogens is 294 g/mol. The van der Waals surface area contributed by atoms with Gasteiger partial charge in [-0.25, -0.2) is 0 Å². The predicted octanol–water partition coefficient (Wildman–Crippen LogP) is 1.88. The lowest BCUT2D eigenvalue weighted by Gasteiger charge is -2.24. The van der Waals surface area contributed by atoms with E-state index in [-0.39, 0.29) is 42.8 Å². The standard InChI is InChI=1S/C18H21NO4/c1-2-13(11-20)19-10-15-16(21)9-8-14(18(15)23)17(22)12-6-4-3-5-7-12/h3-7,10,13-15,20H,2,8-9,11H2,1H3/t13-,14+,15?/m0/s1. The molecule has 1 N–H and O–H groups in total. The Morgan fingerprint density at radius 1 is 1.35 bits per heavy atom. The summed E-state index contributed by atoms with van der Waals surface area (Å²) >= 11 is 0. The summed E-state index contributed by atoms with van der Waals surface area (Å²) < 4.78 is 0. The van der Waals surface area contributed by atoms with Crippen molar-refractivity contribution < 1.29 is 19.5 Å². The number of aliphatic hydroxyl groups is 1. The third-order valence-corrected chi connectivity index (χ3v) is 4.18. The van der Waals surface area contributed by atoms with E-state index in [1.165, 1.54) is 6.21 Å². The molecule has 5 nitrogen and oxygen atoms in total. The van der Waals surface area contributed by atoms with E-state index in [0.29, 0.717) is 12.0 Å². The minimum absolute atomic E-state index is 0.130. The van der Waals surface area contributed by atoms with Crippen LogP contribution < -0.4 is 0 Å². The molecule has 3 atom stereocenters. The summed E-state index contributed by atoms with van der Waals surface area (Å²) in [6.45, 7) is 1.74. The van der Waals surface area contributed by atoms with E-state index >= 15 is 0 Å². The summed E-state index contributed by atoms with van der Waals surface area (Å²) in [7, 11) is 0. The number of aliphatic imine (C=N–C) groups is 1. The third-order valence-electron chi connectivity index (χ3n) is 4.18. The zero-order chi connectivity index (χ0) is 16.8. The normalized spacial score (nSPS) is 23.2. The molecule has 1 unspecified atom stereocenters. The van der Waals surface area contributed by atoms with Crippen molar-refractivity contribution in [3.05, 3.63) is 35.9 Å². The van der Waals surface area contributed by atoms with Gasteiger partial charge in [0.05, 0.1) is 18.6 Å². The van der Waals surface area contributed by atoms with Crippen LogP contribution in [0.4, 0.5) is 0 Å². The van der Waals surface area contributed by atoms with Crippen molar-refractivity contribution in [2.45, 2.75) is 32.2 Å². The first-order valence-electron chi connectivity index (χ1n) is 7.88. The minimum atomic E-state index is -0.970. The van der Waals surface area contributed by atoms with Crippen molar-refractivity contribution >= 4 is 23.6 Å². The molecule has 1 aromatic rings. The van der Waals surface area contributed by atoms with Gasteiger partial charge in [0.1, 0.15) is 11.7 Å². The van der Waals surface area contributed by atoms with Crippen molar-refractivity contribution in [1.29, 1.82) is 0 Å². The summed E-state index contributed by atoms with van der Waals surface area (Å²) in [5.41, 5.74) is 0.484. The molecule has 0 heterocycles. The fraction of sp³-hybridized carbons (Fsp3) is 0.444. The molecule has 0 bridgehead atoms. The molecule has 0 aromatic heterocycles. The quantitative estimate of drug-likeness (QED) is 0.493. The monoisotopic (exact) mass is 315 g/mol. The Bertz CT molecular complexity index is 605. The van der Waals surface area contributed by atoms with Gasteiger partial charge < -0.3 is 5.11 Å². The van der Waals surface area contributed by atoms with Gasteiger partial charge in [-0.15, -0.1) is 0 Å². The molecule has 0 aliphatic heterocycles. The highest BCUT2D eigenvalue weighted by molar-refractivity contribution is 6.23. The predicted molar refractivity (Wildman–Crippen MR) is 86.7 cm³/mol. The van der Waals surface area contributed by atoms with Gasteiger partial charge in [0, 0.05) is 18.2 Å². The van der Waals surface area contributed by atoms with Crippen molar-refractivity contribution in [3.8, 4) is 0 Å². The number of ketones is 3. The number of rotatable bonds is 6. The first kappa shape index (κ1) is 17.2. The fourth-order valence-electron chi connectivity index (χ4n) is 2.67. The molecule has 2 rings (SSSR count). The Morgan fingerprint density at radius 3 is 2.65 bits per heavy atom. The van der Waals surface area contributed by atoms with E-state index in [1.54, 1.807) is 30.3 Å². The summed E-state index contributed by atoms with van der Waals surface area (Å²) in [6.07, 6.45) is 2.39. The van der Waals surface area contributed by atoms with Crippen LogP contribution in [-0.4, -0.2) is 41.3 Å². The Labute approximate surface area is 135 Å². The average molecular weight is 315 g/mol. The van der Waals surface area contributed by atoms with Crippen molar-refractivity contribution in [2.24, 2.45) is 16.8 Å². The first-order valence-corrected chi connectivity index (χ1v) is 7.88. The van der Waals surface area contributed by atoms with Crippen molar-refractivity contribution in [3.63, 3.8) is 0 Å². The van der Waals surface area contributed by atoms with Gasteiger partial charge in [-0.05, 0) is 12.8 Å². The second-order valence-electron chi connectivity index (χ2n) is 5.71. The number of hydrogen-bond acceptors (Lipinski definition) is 5. The maximum atomic E-state index is 12.5. The Hall–Kier alpha value is -2.14. The highest BCUT2D eigenvalue weighted by atomic mass is 16.3. The van der Waals surface area contributed by atoms with E-state index in [9.17, 15) is 14.4 Å². The van der Waals surface area contributed by atoms with Crippen LogP contribution in [-0.2, 0) is 9.59 Å². The van der Waals surface area contributed by atoms with E-state index in [0.717, 1.165) is 0 Å². The van der Waals surface area contributed by atoms with E-state index < -0.39 is 11.8 Å². The van der Waals surface area contributed by atoms with Crippen LogP contribution >= 0.6 is 0 Å². The molecule has 1 aliphatic carbocycles. The average Bonchev–Trinajstić information content (AvgIpc) is 2.58. The summed E-state index contributed by atoms with van der Waals surface area (Å²) in [6, 6.07) is 8.33. The molecule has 0 radical (unpaired) electrons. The lowest BCUT2D eigenvalue weighted by molar-refractivity contribution is -0.134. The Morgan fingerprint density at radius 2 is 2.04 bits per heavy atom. The molecule has 1 aliphatic rings. The highest BCUT2D eigenvalue weighted by Crippen LogP contribution is 2.26. The van der Waals surface area contributed by atoms with Gasteiger partial charge in [-0.2, -0.15) is 0 Å². The van der Waals surface area contributed by atoms with Crippen LogP contribution in [0.1, 0.15) is 36.5 Å². The van der Waals surface area contributed by atoms with Crippen LogP contribution in [0.3, 0.4) is 0 Å². The van der Waals surface area contributed by atoms with Crippen LogP contribution in [0, 0.1) is 11.8 Å². The van der Waals surface area contributed by atoms with Crippen LogP contribution in [0.5, 0.6) is 0 Å². The van der Waals surface area contributed by atoms with Crippen molar-refractivity contribution in [2.75, 3.05) is 6.61 Å². The molecule has 122 valence electrons. The molecule has 1 saturated carbocycles. The van der Waals surface area contributed by atoms with Gasteiger partial charge >= 0.3 is 0 Å². The summed E-state index contributed by atoms with van der Waals surface area (Å²) in [5.74, 6) is -2.59. The van der Waals surface area contributed by atoms with Crippen LogP contribution in [0.15, 0.2) is 35.3 Å². The maximum Gasteiger partial charge on any atom is 0.173 e. The van der Waals surface area contributed by atoms with E-state index in [4.69, 9.17) is 5.11 Å². The minimum Gasteiger partial charge on any atom is -0.394 e. The number of aliphatic hydroxyl groups excluding tert-OH is 1. The lowest BCUT2D eigenvalue weighted by atomic mass is 9.76. The molecule has 0 spiro atoms. The zero-order valence-corrected chi connectivity index (χ0v) is 13.1. The number of nitrogens with zero attached hydrogens (tertiary/aromatic N) is 1. The Kier molecular flexibility index (Phi) is 5.93. The van der Waals surface area contributed by atoms with Crippen molar-refractivity contribution in [1.82, 2.24) is 0 Å².